The van der Waals surface area contributed by atoms with Crippen molar-refractivity contribution in [3.8, 4) is 5.75 Å². The van der Waals surface area contributed by atoms with Crippen molar-refractivity contribution in [2.75, 3.05) is 6.61 Å². The van der Waals surface area contributed by atoms with Crippen LogP contribution in [-0.4, -0.2) is 18.5 Å². The normalized spacial score (nSPS) is 11.5. The van der Waals surface area contributed by atoms with E-state index in [4.69, 9.17) is 9.47 Å². The number of ether oxygens (including phenoxy) is 2. The smallest absolute Gasteiger partial charge is 0.338 e. The highest BCUT2D eigenvalue weighted by Gasteiger charge is 2.13. The summed E-state index contributed by atoms with van der Waals surface area (Å²) in [5.74, 6) is -0.228. The van der Waals surface area contributed by atoms with Gasteiger partial charge in [-0.2, -0.15) is 0 Å². The predicted octanol–water partition coefficient (Wildman–Crippen LogP) is 4.36. The Morgan fingerprint density at radius 1 is 1.00 bits per heavy atom. The van der Waals surface area contributed by atoms with Gasteiger partial charge in [0, 0.05) is 4.88 Å². The molecule has 28 heavy (non-hydrogen) atoms. The first-order valence-electron chi connectivity index (χ1n) is 8.88. The third-order valence-corrected chi connectivity index (χ3v) is 5.08. The molecule has 2 aromatic carbocycles. The second kappa shape index (κ2) is 9.71. The molecule has 0 fully saturated rings. The monoisotopic (exact) mass is 395 g/mol. The average Bonchev–Trinajstić information content (AvgIpc) is 3.27. The lowest BCUT2D eigenvalue weighted by molar-refractivity contribution is -0.124. The van der Waals surface area contributed by atoms with Gasteiger partial charge in [-0.3, -0.25) is 4.79 Å². The largest absolute Gasteiger partial charge is 0.489 e. The number of hydrogen-bond donors (Lipinski definition) is 1. The van der Waals surface area contributed by atoms with Crippen molar-refractivity contribution < 1.29 is 19.1 Å². The van der Waals surface area contributed by atoms with Crippen LogP contribution in [0, 0.1) is 0 Å². The Balaban J connectivity index is 1.44. The van der Waals surface area contributed by atoms with Crippen LogP contribution in [0.2, 0.25) is 0 Å². The molecule has 1 heterocycles. The minimum Gasteiger partial charge on any atom is -0.489 e. The van der Waals surface area contributed by atoms with Crippen LogP contribution in [0.3, 0.4) is 0 Å². The fourth-order valence-electron chi connectivity index (χ4n) is 2.53. The van der Waals surface area contributed by atoms with Gasteiger partial charge in [0.15, 0.2) is 6.61 Å². The van der Waals surface area contributed by atoms with E-state index in [2.05, 4.69) is 5.32 Å². The van der Waals surface area contributed by atoms with Gasteiger partial charge in [-0.05, 0) is 48.2 Å². The number of hydrogen-bond acceptors (Lipinski definition) is 5. The number of esters is 1. The summed E-state index contributed by atoms with van der Waals surface area (Å²) in [4.78, 5) is 25.1. The topological polar surface area (TPSA) is 64.6 Å². The molecule has 3 rings (SSSR count). The average molecular weight is 395 g/mol. The van der Waals surface area contributed by atoms with E-state index in [-0.39, 0.29) is 18.6 Å². The minimum atomic E-state index is -0.548. The SMILES string of the molecule is C[C@@H](NC(=O)COC(=O)c1ccc(OCc2ccccc2)cc1)c1cccs1. The maximum Gasteiger partial charge on any atom is 0.338 e. The summed E-state index contributed by atoms with van der Waals surface area (Å²) in [5.41, 5.74) is 1.43. The maximum atomic E-state index is 12.1. The van der Waals surface area contributed by atoms with E-state index in [1.807, 2.05) is 54.8 Å². The molecule has 6 heteroatoms. The van der Waals surface area contributed by atoms with Crippen molar-refractivity contribution in [1.29, 1.82) is 0 Å². The van der Waals surface area contributed by atoms with Crippen molar-refractivity contribution in [3.63, 3.8) is 0 Å². The van der Waals surface area contributed by atoms with Crippen LogP contribution < -0.4 is 10.1 Å². The van der Waals surface area contributed by atoms with Crippen molar-refractivity contribution in [2.24, 2.45) is 0 Å². The lowest BCUT2D eigenvalue weighted by Gasteiger charge is -2.12. The lowest BCUT2D eigenvalue weighted by Crippen LogP contribution is -2.30. The van der Waals surface area contributed by atoms with Gasteiger partial charge < -0.3 is 14.8 Å². The number of carbonyl (C=O) groups is 2. The van der Waals surface area contributed by atoms with Gasteiger partial charge in [-0.25, -0.2) is 4.79 Å². The molecule has 0 saturated carbocycles. The molecule has 1 N–H and O–H groups in total. The molecule has 0 saturated heterocycles. The highest BCUT2D eigenvalue weighted by atomic mass is 32.1. The number of benzene rings is 2. The second-order valence-electron chi connectivity index (χ2n) is 6.18. The molecule has 5 nitrogen and oxygen atoms in total. The number of rotatable bonds is 8. The quantitative estimate of drug-likeness (QED) is 0.576. The molecule has 1 amide bonds. The molecule has 0 aliphatic carbocycles. The van der Waals surface area contributed by atoms with Crippen molar-refractivity contribution in [3.05, 3.63) is 88.1 Å². The summed E-state index contributed by atoms with van der Waals surface area (Å²) in [6.45, 7) is 2.02. The molecule has 144 valence electrons. The third-order valence-electron chi connectivity index (χ3n) is 4.02. The van der Waals surface area contributed by atoms with E-state index in [0.29, 0.717) is 17.9 Å². The highest BCUT2D eigenvalue weighted by Crippen LogP contribution is 2.18. The first kappa shape index (κ1) is 19.6. The van der Waals surface area contributed by atoms with Crippen molar-refractivity contribution in [2.45, 2.75) is 19.6 Å². The van der Waals surface area contributed by atoms with Gasteiger partial charge in [0.2, 0.25) is 0 Å². The molecule has 0 bridgehead atoms. The molecule has 0 radical (unpaired) electrons. The zero-order valence-electron chi connectivity index (χ0n) is 15.5. The first-order valence-corrected chi connectivity index (χ1v) is 9.76. The summed E-state index contributed by atoms with van der Waals surface area (Å²) in [6.07, 6.45) is 0. The Labute approximate surface area is 167 Å². The van der Waals surface area contributed by atoms with Crippen LogP contribution >= 0.6 is 11.3 Å². The molecule has 0 aliphatic heterocycles. The fraction of sp³-hybridized carbons (Fsp3) is 0.182. The van der Waals surface area contributed by atoms with Crippen LogP contribution in [0.4, 0.5) is 0 Å². The van der Waals surface area contributed by atoms with E-state index in [1.165, 1.54) is 0 Å². The van der Waals surface area contributed by atoms with Crippen molar-refractivity contribution in [1.82, 2.24) is 5.32 Å². The fourth-order valence-corrected chi connectivity index (χ4v) is 3.27. The number of amides is 1. The molecular formula is C22H21NO4S. The summed E-state index contributed by atoms with van der Waals surface area (Å²) in [7, 11) is 0. The Morgan fingerprint density at radius 2 is 1.75 bits per heavy atom. The standard InChI is InChI=1S/C22H21NO4S/c1-16(20-8-5-13-28-20)23-21(24)15-27-22(25)18-9-11-19(12-10-18)26-14-17-6-3-2-4-7-17/h2-13,16H,14-15H2,1H3,(H,23,24)/t16-/m1/s1. The molecule has 0 aliphatic rings. The molecular weight excluding hydrogens is 374 g/mol. The maximum absolute atomic E-state index is 12.1. The second-order valence-corrected chi connectivity index (χ2v) is 7.16. The van der Waals surface area contributed by atoms with E-state index in [0.717, 1.165) is 10.4 Å². The number of nitrogens with one attached hydrogen (secondary N) is 1. The van der Waals surface area contributed by atoms with Crippen LogP contribution in [0.25, 0.3) is 0 Å². The summed E-state index contributed by atoms with van der Waals surface area (Å²) in [5, 5.41) is 4.75. The zero-order chi connectivity index (χ0) is 19.8. The van der Waals surface area contributed by atoms with Crippen molar-refractivity contribution >= 4 is 23.2 Å². The Hall–Kier alpha value is -3.12. The minimum absolute atomic E-state index is 0.118. The summed E-state index contributed by atoms with van der Waals surface area (Å²) >= 11 is 1.56. The van der Waals surface area contributed by atoms with Crippen LogP contribution in [-0.2, 0) is 16.1 Å². The van der Waals surface area contributed by atoms with E-state index in [9.17, 15) is 9.59 Å². The Bertz CT molecular complexity index is 892. The highest BCUT2D eigenvalue weighted by molar-refractivity contribution is 7.10. The van der Waals surface area contributed by atoms with Gasteiger partial charge in [0.1, 0.15) is 12.4 Å². The van der Waals surface area contributed by atoms with Crippen LogP contribution in [0.1, 0.15) is 33.8 Å². The molecule has 0 unspecified atom stereocenters. The number of thiophene rings is 1. The number of carbonyl (C=O) groups excluding carboxylic acids is 2. The van der Waals surface area contributed by atoms with E-state index >= 15 is 0 Å². The molecule has 0 spiro atoms. The summed E-state index contributed by atoms with van der Waals surface area (Å²) < 4.78 is 10.8. The van der Waals surface area contributed by atoms with E-state index < -0.39 is 5.97 Å². The molecule has 1 aromatic heterocycles. The Kier molecular flexibility index (Phi) is 6.81. The van der Waals surface area contributed by atoms with Gasteiger partial charge in [-0.15, -0.1) is 11.3 Å². The van der Waals surface area contributed by atoms with Gasteiger partial charge >= 0.3 is 5.97 Å². The first-order chi connectivity index (χ1) is 13.6. The lowest BCUT2D eigenvalue weighted by atomic mass is 10.2. The summed E-state index contributed by atoms with van der Waals surface area (Å²) in [6, 6.07) is 20.2. The van der Waals surface area contributed by atoms with Gasteiger partial charge in [-0.1, -0.05) is 36.4 Å². The van der Waals surface area contributed by atoms with E-state index in [1.54, 1.807) is 35.6 Å². The molecule has 1 atom stereocenters. The zero-order valence-corrected chi connectivity index (χ0v) is 16.3. The van der Waals surface area contributed by atoms with Crippen LogP contribution in [0.15, 0.2) is 72.1 Å². The third kappa shape index (κ3) is 5.69. The van der Waals surface area contributed by atoms with Gasteiger partial charge in [0.05, 0.1) is 11.6 Å². The molecule has 3 aromatic rings. The van der Waals surface area contributed by atoms with Gasteiger partial charge in [0.25, 0.3) is 5.91 Å². The van der Waals surface area contributed by atoms with Crippen LogP contribution in [0.5, 0.6) is 5.75 Å². The predicted molar refractivity (Wildman–Crippen MR) is 108 cm³/mol. The Morgan fingerprint density at radius 3 is 2.43 bits per heavy atom.